The number of carbonyl (C=O) groups excluding carboxylic acids is 2. The van der Waals surface area contributed by atoms with Crippen molar-refractivity contribution in [2.24, 2.45) is 0 Å². The monoisotopic (exact) mass is 284 g/mol. The number of esters is 1. The highest BCUT2D eigenvalue weighted by molar-refractivity contribution is 5.97. The second-order valence-corrected chi connectivity index (χ2v) is 3.99. The molecule has 0 aliphatic carbocycles. The quantitative estimate of drug-likeness (QED) is 0.495. The van der Waals surface area contributed by atoms with Gasteiger partial charge in [0.1, 0.15) is 11.6 Å². The molecular weight excluding hydrogens is 270 g/mol. The Morgan fingerprint density at radius 2 is 1.85 bits per heavy atom. The van der Waals surface area contributed by atoms with Crippen molar-refractivity contribution in [2.45, 2.75) is 19.8 Å². The molecule has 0 heterocycles. The summed E-state index contributed by atoms with van der Waals surface area (Å²) in [6.07, 6.45) is 0.750. The first-order valence-electron chi connectivity index (χ1n) is 5.98. The molecule has 0 saturated carbocycles. The second-order valence-electron chi connectivity index (χ2n) is 3.99. The van der Waals surface area contributed by atoms with Gasteiger partial charge in [0.25, 0.3) is 0 Å². The van der Waals surface area contributed by atoms with E-state index in [-0.39, 0.29) is 19.4 Å². The smallest absolute Gasteiger partial charge is 0.373 e. The van der Waals surface area contributed by atoms with Gasteiger partial charge in [0, 0.05) is 18.6 Å². The van der Waals surface area contributed by atoms with Crippen molar-refractivity contribution in [3.05, 3.63) is 47.2 Å². The number of aryl methyl sites for hydroxylation is 1. The first kappa shape index (κ1) is 15.8. The molecule has 0 aromatic heterocycles. The molecule has 0 bridgehead atoms. The number of aliphatic hydroxyl groups excluding tert-OH is 1. The molecular formula is C14H14F2O4. The molecule has 0 aliphatic heterocycles. The van der Waals surface area contributed by atoms with Crippen molar-refractivity contribution in [3.8, 4) is 0 Å². The van der Waals surface area contributed by atoms with Crippen LogP contribution in [0.25, 0.3) is 0 Å². The number of benzene rings is 1. The molecule has 108 valence electrons. The zero-order valence-electron chi connectivity index (χ0n) is 10.9. The largest absolute Gasteiger partial charge is 0.502 e. The van der Waals surface area contributed by atoms with Gasteiger partial charge < -0.3 is 9.84 Å². The number of ether oxygens (including phenoxy) is 1. The van der Waals surface area contributed by atoms with Crippen molar-refractivity contribution in [2.75, 3.05) is 6.61 Å². The van der Waals surface area contributed by atoms with Gasteiger partial charge in [0.05, 0.1) is 6.61 Å². The fourth-order valence-electron chi connectivity index (χ4n) is 1.51. The average Bonchev–Trinajstić information content (AvgIpc) is 2.35. The van der Waals surface area contributed by atoms with Crippen molar-refractivity contribution in [1.82, 2.24) is 0 Å². The average molecular weight is 284 g/mol. The van der Waals surface area contributed by atoms with Crippen LogP contribution in [-0.2, 0) is 20.7 Å². The predicted octanol–water partition coefficient (Wildman–Crippen LogP) is 2.47. The van der Waals surface area contributed by atoms with E-state index in [2.05, 4.69) is 4.74 Å². The molecule has 0 radical (unpaired) electrons. The number of rotatable bonds is 6. The zero-order valence-corrected chi connectivity index (χ0v) is 10.9. The zero-order chi connectivity index (χ0) is 15.1. The van der Waals surface area contributed by atoms with E-state index in [1.165, 1.54) is 0 Å². The molecule has 0 fully saturated rings. The first-order chi connectivity index (χ1) is 9.42. The van der Waals surface area contributed by atoms with E-state index >= 15 is 0 Å². The number of carbonyl (C=O) groups is 2. The predicted molar refractivity (Wildman–Crippen MR) is 67.0 cm³/mol. The summed E-state index contributed by atoms with van der Waals surface area (Å²) in [4.78, 5) is 22.5. The van der Waals surface area contributed by atoms with E-state index in [4.69, 9.17) is 0 Å². The minimum absolute atomic E-state index is 0.0769. The van der Waals surface area contributed by atoms with Gasteiger partial charge in [-0.15, -0.1) is 0 Å². The van der Waals surface area contributed by atoms with E-state index in [1.54, 1.807) is 6.92 Å². The molecule has 1 N–H and O–H groups in total. The molecule has 1 aromatic rings. The van der Waals surface area contributed by atoms with Crippen LogP contribution in [0.1, 0.15) is 18.9 Å². The van der Waals surface area contributed by atoms with Crippen LogP contribution in [0.3, 0.4) is 0 Å². The van der Waals surface area contributed by atoms with Gasteiger partial charge in [-0.2, -0.15) is 0 Å². The lowest BCUT2D eigenvalue weighted by atomic mass is 10.1. The lowest BCUT2D eigenvalue weighted by Gasteiger charge is -2.02. The fourth-order valence-corrected chi connectivity index (χ4v) is 1.51. The Morgan fingerprint density at radius 3 is 2.40 bits per heavy atom. The second kappa shape index (κ2) is 7.37. The Hall–Kier alpha value is -2.24. The summed E-state index contributed by atoms with van der Waals surface area (Å²) in [6, 6.07) is 2.97. The van der Waals surface area contributed by atoms with Crippen LogP contribution in [0.4, 0.5) is 8.78 Å². The Morgan fingerprint density at radius 1 is 1.25 bits per heavy atom. The first-order valence-corrected chi connectivity index (χ1v) is 5.98. The maximum Gasteiger partial charge on any atom is 0.373 e. The van der Waals surface area contributed by atoms with Crippen LogP contribution in [0.5, 0.6) is 0 Å². The number of hydrogen-bond donors (Lipinski definition) is 1. The molecule has 0 unspecified atom stereocenters. The van der Waals surface area contributed by atoms with Gasteiger partial charge in [-0.05, 0) is 31.0 Å². The molecule has 1 rings (SSSR count). The highest BCUT2D eigenvalue weighted by atomic mass is 19.1. The number of aliphatic hydroxyl groups is 1. The number of halogens is 2. The van der Waals surface area contributed by atoms with Crippen LogP contribution in [0.15, 0.2) is 30.0 Å². The van der Waals surface area contributed by atoms with E-state index < -0.39 is 29.1 Å². The Balaban J connectivity index is 2.59. The van der Waals surface area contributed by atoms with Crippen molar-refractivity contribution in [1.29, 1.82) is 0 Å². The summed E-state index contributed by atoms with van der Waals surface area (Å²) in [5.74, 6) is -3.77. The van der Waals surface area contributed by atoms with Crippen LogP contribution >= 0.6 is 0 Å². The highest BCUT2D eigenvalue weighted by Crippen LogP contribution is 2.10. The van der Waals surface area contributed by atoms with Crippen LogP contribution in [-0.4, -0.2) is 23.5 Å². The fraction of sp³-hybridized carbons (Fsp3) is 0.286. The van der Waals surface area contributed by atoms with Crippen molar-refractivity contribution < 1.29 is 28.2 Å². The molecule has 20 heavy (non-hydrogen) atoms. The van der Waals surface area contributed by atoms with Gasteiger partial charge >= 0.3 is 5.97 Å². The van der Waals surface area contributed by atoms with Gasteiger partial charge in [-0.25, -0.2) is 13.6 Å². The Bertz CT molecular complexity index is 518. The molecule has 1 aromatic carbocycles. The molecule has 0 amide bonds. The maximum absolute atomic E-state index is 12.9. The molecule has 0 atom stereocenters. The molecule has 0 spiro atoms. The number of hydrogen-bond acceptors (Lipinski definition) is 4. The maximum atomic E-state index is 12.9. The molecule has 4 nitrogen and oxygen atoms in total. The van der Waals surface area contributed by atoms with E-state index in [9.17, 15) is 23.5 Å². The highest BCUT2D eigenvalue weighted by Gasteiger charge is 2.11. The van der Waals surface area contributed by atoms with Crippen LogP contribution < -0.4 is 0 Å². The summed E-state index contributed by atoms with van der Waals surface area (Å²) in [5.41, 5.74) is 0.319. The minimum Gasteiger partial charge on any atom is -0.502 e. The Labute approximate surface area is 114 Å². The summed E-state index contributed by atoms with van der Waals surface area (Å²) >= 11 is 0. The normalized spacial score (nSPS) is 11.2. The topological polar surface area (TPSA) is 63.6 Å². The van der Waals surface area contributed by atoms with Crippen molar-refractivity contribution in [3.63, 3.8) is 0 Å². The third kappa shape index (κ3) is 5.17. The lowest BCUT2D eigenvalue weighted by molar-refractivity contribution is -0.141. The standard InChI is InChI=1S/C14H14F2O4/c1-2-20-14(19)13(18)8-12(17)4-3-9-5-10(15)7-11(16)6-9/h5-8,18H,2-4H2,1H3/b13-8-. The number of ketones is 1. The van der Waals surface area contributed by atoms with Gasteiger partial charge in [-0.1, -0.05) is 0 Å². The number of allylic oxidation sites excluding steroid dienone is 1. The molecule has 0 aliphatic rings. The molecule has 6 heteroatoms. The summed E-state index contributed by atoms with van der Waals surface area (Å²) in [7, 11) is 0. The minimum atomic E-state index is -0.988. The third-order valence-electron chi connectivity index (χ3n) is 2.36. The summed E-state index contributed by atoms with van der Waals surface area (Å²) < 4.78 is 30.3. The summed E-state index contributed by atoms with van der Waals surface area (Å²) in [5, 5.41) is 9.25. The van der Waals surface area contributed by atoms with Gasteiger partial charge in [0.2, 0.25) is 5.76 Å². The summed E-state index contributed by atoms with van der Waals surface area (Å²) in [6.45, 7) is 1.64. The van der Waals surface area contributed by atoms with Crippen molar-refractivity contribution >= 4 is 11.8 Å². The van der Waals surface area contributed by atoms with Gasteiger partial charge in [0.15, 0.2) is 5.78 Å². The third-order valence-corrected chi connectivity index (χ3v) is 2.36. The Kier molecular flexibility index (Phi) is 5.83. The van der Waals surface area contributed by atoms with E-state index in [0.29, 0.717) is 5.56 Å². The van der Waals surface area contributed by atoms with Gasteiger partial charge in [-0.3, -0.25) is 4.79 Å². The lowest BCUT2D eigenvalue weighted by Crippen LogP contribution is -2.09. The van der Waals surface area contributed by atoms with E-state index in [1.807, 2.05) is 0 Å². The van der Waals surface area contributed by atoms with Crippen LogP contribution in [0, 0.1) is 11.6 Å². The van der Waals surface area contributed by atoms with Crippen LogP contribution in [0.2, 0.25) is 0 Å². The van der Waals surface area contributed by atoms with E-state index in [0.717, 1.165) is 24.3 Å². The molecule has 0 saturated heterocycles. The SMILES string of the molecule is CCOC(=O)/C(O)=C/C(=O)CCc1cc(F)cc(F)c1.